The largest absolute Gasteiger partial charge is 0.465 e. The summed E-state index contributed by atoms with van der Waals surface area (Å²) in [5, 5.41) is 0. The van der Waals surface area contributed by atoms with E-state index < -0.39 is 0 Å². The van der Waals surface area contributed by atoms with Gasteiger partial charge in [-0.2, -0.15) is 5.48 Å². The van der Waals surface area contributed by atoms with E-state index in [1.807, 2.05) is 24.3 Å². The number of aryl methyl sites for hydroxylation is 2. The summed E-state index contributed by atoms with van der Waals surface area (Å²) in [5.41, 5.74) is 8.43. The van der Waals surface area contributed by atoms with Gasteiger partial charge in [-0.25, -0.2) is 4.79 Å². The molecule has 0 bridgehead atoms. The molecule has 24 heavy (non-hydrogen) atoms. The standard InChI is InChI=1S/C20H23NO3/c1-14-10-15(2)12-16(11-14)13-20(8-9-24-21-20)18-6-4-17(5-7-18)19(22)23-3/h4-7,10-12,21H,8-9,13H2,1-3H3. The van der Waals surface area contributed by atoms with Gasteiger partial charge in [0.2, 0.25) is 0 Å². The van der Waals surface area contributed by atoms with Gasteiger partial charge in [-0.1, -0.05) is 41.5 Å². The second-order valence-electron chi connectivity index (χ2n) is 6.52. The monoisotopic (exact) mass is 325 g/mol. The Hall–Kier alpha value is -2.17. The lowest BCUT2D eigenvalue weighted by Crippen LogP contribution is -2.38. The van der Waals surface area contributed by atoms with Crippen LogP contribution in [0.1, 0.15) is 39.0 Å². The summed E-state index contributed by atoms with van der Waals surface area (Å²) in [6, 6.07) is 14.2. The van der Waals surface area contributed by atoms with Gasteiger partial charge >= 0.3 is 5.97 Å². The lowest BCUT2D eigenvalue weighted by atomic mass is 9.82. The third-order valence-corrected chi connectivity index (χ3v) is 4.54. The maximum absolute atomic E-state index is 11.6. The molecule has 1 saturated heterocycles. The van der Waals surface area contributed by atoms with Crippen molar-refractivity contribution >= 4 is 5.97 Å². The minimum atomic E-state index is -0.319. The second-order valence-corrected chi connectivity index (χ2v) is 6.52. The predicted octanol–water partition coefficient (Wildman–Crippen LogP) is 3.45. The molecule has 1 fully saturated rings. The molecular formula is C20H23NO3. The number of carbonyl (C=O) groups is 1. The fourth-order valence-electron chi connectivity index (χ4n) is 3.46. The van der Waals surface area contributed by atoms with Crippen LogP contribution in [0.3, 0.4) is 0 Å². The van der Waals surface area contributed by atoms with Crippen molar-refractivity contribution in [3.63, 3.8) is 0 Å². The van der Waals surface area contributed by atoms with E-state index in [1.54, 1.807) is 0 Å². The lowest BCUT2D eigenvalue weighted by Gasteiger charge is -2.29. The van der Waals surface area contributed by atoms with Crippen LogP contribution in [0.25, 0.3) is 0 Å². The Labute approximate surface area is 142 Å². The number of rotatable bonds is 4. The van der Waals surface area contributed by atoms with E-state index in [2.05, 4.69) is 37.5 Å². The van der Waals surface area contributed by atoms with Gasteiger partial charge in [-0.05, 0) is 49.9 Å². The van der Waals surface area contributed by atoms with E-state index in [4.69, 9.17) is 9.57 Å². The summed E-state index contributed by atoms with van der Waals surface area (Å²) < 4.78 is 4.77. The zero-order valence-corrected chi connectivity index (χ0v) is 14.4. The minimum absolute atomic E-state index is 0.269. The number of methoxy groups -OCH3 is 1. The van der Waals surface area contributed by atoms with Crippen LogP contribution in [0, 0.1) is 13.8 Å². The molecule has 0 aromatic heterocycles. The molecule has 4 nitrogen and oxygen atoms in total. The van der Waals surface area contributed by atoms with Crippen molar-refractivity contribution in [2.24, 2.45) is 0 Å². The van der Waals surface area contributed by atoms with E-state index in [9.17, 15) is 4.79 Å². The third kappa shape index (κ3) is 3.35. The quantitative estimate of drug-likeness (QED) is 0.875. The molecule has 0 amide bonds. The highest BCUT2D eigenvalue weighted by atomic mass is 16.7. The molecule has 1 N–H and O–H groups in total. The van der Waals surface area contributed by atoms with Crippen LogP contribution in [-0.4, -0.2) is 19.7 Å². The highest BCUT2D eigenvalue weighted by molar-refractivity contribution is 5.89. The Morgan fingerprint density at radius 3 is 2.38 bits per heavy atom. The number of hydrogen-bond donors (Lipinski definition) is 1. The number of esters is 1. The van der Waals surface area contributed by atoms with Gasteiger partial charge in [0.25, 0.3) is 0 Å². The first-order valence-electron chi connectivity index (χ1n) is 8.17. The average molecular weight is 325 g/mol. The second kappa shape index (κ2) is 6.75. The molecule has 4 heteroatoms. The number of nitrogens with one attached hydrogen (secondary N) is 1. The molecule has 0 spiro atoms. The maximum Gasteiger partial charge on any atom is 0.337 e. The van der Waals surface area contributed by atoms with E-state index in [0.717, 1.165) is 18.4 Å². The van der Waals surface area contributed by atoms with Gasteiger partial charge in [0.15, 0.2) is 0 Å². The predicted molar refractivity (Wildman–Crippen MR) is 92.8 cm³/mol. The maximum atomic E-state index is 11.6. The smallest absolute Gasteiger partial charge is 0.337 e. The molecule has 0 aliphatic carbocycles. The number of ether oxygens (including phenoxy) is 1. The molecule has 1 atom stereocenters. The van der Waals surface area contributed by atoms with Crippen LogP contribution < -0.4 is 5.48 Å². The van der Waals surface area contributed by atoms with Crippen LogP contribution in [0.4, 0.5) is 0 Å². The minimum Gasteiger partial charge on any atom is -0.465 e. The highest BCUT2D eigenvalue weighted by Crippen LogP contribution is 2.33. The number of hydroxylamine groups is 1. The summed E-state index contributed by atoms with van der Waals surface area (Å²) in [4.78, 5) is 17.1. The summed E-state index contributed by atoms with van der Waals surface area (Å²) >= 11 is 0. The first-order chi connectivity index (χ1) is 11.5. The summed E-state index contributed by atoms with van der Waals surface area (Å²) in [6.07, 6.45) is 1.73. The van der Waals surface area contributed by atoms with Crippen LogP contribution >= 0.6 is 0 Å². The molecule has 2 aromatic carbocycles. The molecule has 1 heterocycles. The topological polar surface area (TPSA) is 47.6 Å². The number of benzene rings is 2. The molecule has 3 rings (SSSR count). The Balaban J connectivity index is 1.92. The van der Waals surface area contributed by atoms with Crippen molar-refractivity contribution in [1.82, 2.24) is 5.48 Å². The summed E-state index contributed by atoms with van der Waals surface area (Å²) in [5.74, 6) is -0.319. The molecule has 1 aliphatic heterocycles. The highest BCUT2D eigenvalue weighted by Gasteiger charge is 2.37. The van der Waals surface area contributed by atoms with Crippen molar-refractivity contribution < 1.29 is 14.4 Å². The Morgan fingerprint density at radius 1 is 1.17 bits per heavy atom. The molecule has 126 valence electrons. The van der Waals surface area contributed by atoms with Crippen molar-refractivity contribution in [3.05, 3.63) is 70.3 Å². The van der Waals surface area contributed by atoms with Crippen LogP contribution in [0.15, 0.2) is 42.5 Å². The number of carbonyl (C=O) groups excluding carboxylic acids is 1. The Morgan fingerprint density at radius 2 is 1.83 bits per heavy atom. The average Bonchev–Trinajstić information content (AvgIpc) is 3.03. The van der Waals surface area contributed by atoms with Gasteiger partial charge < -0.3 is 9.57 Å². The van der Waals surface area contributed by atoms with Crippen molar-refractivity contribution in [1.29, 1.82) is 0 Å². The van der Waals surface area contributed by atoms with Crippen molar-refractivity contribution in [2.45, 2.75) is 32.2 Å². The van der Waals surface area contributed by atoms with Gasteiger partial charge in [-0.15, -0.1) is 0 Å². The summed E-state index contributed by atoms with van der Waals surface area (Å²) in [6.45, 7) is 4.91. The Bertz CT molecular complexity index is 711. The Kier molecular flexibility index (Phi) is 4.69. The van der Waals surface area contributed by atoms with Crippen LogP contribution in [0.5, 0.6) is 0 Å². The van der Waals surface area contributed by atoms with Gasteiger partial charge in [0.1, 0.15) is 0 Å². The van der Waals surface area contributed by atoms with Gasteiger partial charge in [0, 0.05) is 0 Å². The first-order valence-corrected chi connectivity index (χ1v) is 8.17. The van der Waals surface area contributed by atoms with E-state index in [0.29, 0.717) is 12.2 Å². The zero-order chi connectivity index (χ0) is 17.2. The zero-order valence-electron chi connectivity index (χ0n) is 14.4. The fourth-order valence-corrected chi connectivity index (χ4v) is 3.46. The SMILES string of the molecule is COC(=O)c1ccc(C2(Cc3cc(C)cc(C)c3)CCON2)cc1. The lowest BCUT2D eigenvalue weighted by molar-refractivity contribution is 0.0593. The van der Waals surface area contributed by atoms with Crippen LogP contribution in [0.2, 0.25) is 0 Å². The van der Waals surface area contributed by atoms with Crippen molar-refractivity contribution in [3.8, 4) is 0 Å². The third-order valence-electron chi connectivity index (χ3n) is 4.54. The van der Waals surface area contributed by atoms with E-state index in [-0.39, 0.29) is 11.5 Å². The fraction of sp³-hybridized carbons (Fsp3) is 0.350. The first kappa shape index (κ1) is 16.7. The molecule has 1 aliphatic rings. The van der Waals surface area contributed by atoms with Crippen molar-refractivity contribution in [2.75, 3.05) is 13.7 Å². The molecule has 0 saturated carbocycles. The summed E-state index contributed by atoms with van der Waals surface area (Å²) in [7, 11) is 1.39. The van der Waals surface area contributed by atoms with Gasteiger partial charge in [-0.3, -0.25) is 0 Å². The van der Waals surface area contributed by atoms with Crippen LogP contribution in [-0.2, 0) is 21.5 Å². The normalized spacial score (nSPS) is 20.1. The molecule has 1 unspecified atom stereocenters. The van der Waals surface area contributed by atoms with Gasteiger partial charge in [0.05, 0.1) is 24.8 Å². The molecule has 0 radical (unpaired) electrons. The van der Waals surface area contributed by atoms with E-state index >= 15 is 0 Å². The molecule has 2 aromatic rings. The number of hydrogen-bond acceptors (Lipinski definition) is 4. The van der Waals surface area contributed by atoms with E-state index in [1.165, 1.54) is 23.8 Å². The molecular weight excluding hydrogens is 302 g/mol.